The van der Waals surface area contributed by atoms with Crippen LogP contribution in [0.15, 0.2) is 52.4 Å². The van der Waals surface area contributed by atoms with Crippen LogP contribution in [-0.2, 0) is 17.1 Å². The Kier molecular flexibility index (Phi) is 6.78. The van der Waals surface area contributed by atoms with E-state index in [2.05, 4.69) is 4.99 Å². The zero-order valence-electron chi connectivity index (χ0n) is 18.3. The van der Waals surface area contributed by atoms with Crippen LogP contribution in [0.4, 0.5) is 0 Å². The number of benzene rings is 2. The molecule has 32 heavy (non-hydrogen) atoms. The highest BCUT2D eigenvalue weighted by Gasteiger charge is 2.25. The van der Waals surface area contributed by atoms with E-state index in [0.717, 1.165) is 41.6 Å². The molecule has 0 aliphatic carbocycles. The Labute approximate surface area is 192 Å². The van der Waals surface area contributed by atoms with Crippen molar-refractivity contribution in [2.45, 2.75) is 37.5 Å². The van der Waals surface area contributed by atoms with Crippen molar-refractivity contribution in [3.8, 4) is 5.75 Å². The predicted octanol–water partition coefficient (Wildman–Crippen LogP) is 3.94. The van der Waals surface area contributed by atoms with Gasteiger partial charge in [0.15, 0.2) is 4.80 Å². The maximum atomic E-state index is 12.9. The standard InChI is InChI=1S/C23H27N3O4S2/c1-3-30-18-10-13-20-21(16-18)31-23(25(20)2)24-22(27)17-8-11-19(12-9-17)32(28,29)26-14-6-4-5-7-15-26/h8-13,16H,3-7,14-15H2,1-2H3. The molecule has 0 bridgehead atoms. The third-order valence-corrected chi connectivity index (χ3v) is 8.60. The minimum absolute atomic E-state index is 0.215. The van der Waals surface area contributed by atoms with E-state index in [-0.39, 0.29) is 4.90 Å². The smallest absolute Gasteiger partial charge is 0.279 e. The van der Waals surface area contributed by atoms with E-state index >= 15 is 0 Å². The minimum atomic E-state index is -3.54. The van der Waals surface area contributed by atoms with Gasteiger partial charge >= 0.3 is 0 Å². The molecule has 1 amide bonds. The molecule has 2 aromatic carbocycles. The summed E-state index contributed by atoms with van der Waals surface area (Å²) in [7, 11) is -1.68. The van der Waals surface area contributed by atoms with E-state index in [1.54, 1.807) is 4.31 Å². The number of fused-ring (bicyclic) bond motifs is 1. The van der Waals surface area contributed by atoms with Gasteiger partial charge in [-0.3, -0.25) is 4.79 Å². The monoisotopic (exact) mass is 473 g/mol. The van der Waals surface area contributed by atoms with Crippen LogP contribution in [0.1, 0.15) is 43.0 Å². The van der Waals surface area contributed by atoms with E-state index in [4.69, 9.17) is 4.74 Å². The summed E-state index contributed by atoms with van der Waals surface area (Å²) in [6.45, 7) is 3.61. The predicted molar refractivity (Wildman–Crippen MR) is 126 cm³/mol. The molecule has 0 spiro atoms. The average Bonchev–Trinajstić information content (AvgIpc) is 2.96. The number of nitrogens with zero attached hydrogens (tertiary/aromatic N) is 3. The number of hydrogen-bond donors (Lipinski definition) is 0. The Hall–Kier alpha value is -2.49. The van der Waals surface area contributed by atoms with Crippen LogP contribution < -0.4 is 9.54 Å². The molecular weight excluding hydrogens is 446 g/mol. The van der Waals surface area contributed by atoms with Crippen LogP contribution in [-0.4, -0.2) is 42.9 Å². The quantitative estimate of drug-likeness (QED) is 0.562. The summed E-state index contributed by atoms with van der Waals surface area (Å²) in [5.41, 5.74) is 1.32. The van der Waals surface area contributed by atoms with E-state index in [1.807, 2.05) is 36.7 Å². The van der Waals surface area contributed by atoms with Gasteiger partial charge in [-0.05, 0) is 62.2 Å². The molecule has 7 nitrogen and oxygen atoms in total. The fourth-order valence-corrected chi connectivity index (χ4v) is 6.39. The lowest BCUT2D eigenvalue weighted by atomic mass is 10.2. The third kappa shape index (κ3) is 4.65. The Bertz CT molecular complexity index is 1280. The summed E-state index contributed by atoms with van der Waals surface area (Å²) in [5, 5.41) is 0. The molecular formula is C23H27N3O4S2. The van der Waals surface area contributed by atoms with Crippen molar-refractivity contribution < 1.29 is 17.9 Å². The van der Waals surface area contributed by atoms with Crippen LogP contribution in [0.5, 0.6) is 5.75 Å². The number of aryl methyl sites for hydroxylation is 1. The van der Waals surface area contributed by atoms with Crippen LogP contribution in [0.3, 0.4) is 0 Å². The van der Waals surface area contributed by atoms with Gasteiger partial charge in [0.25, 0.3) is 5.91 Å². The van der Waals surface area contributed by atoms with Crippen LogP contribution in [0.2, 0.25) is 0 Å². The summed E-state index contributed by atoms with van der Waals surface area (Å²) in [6.07, 6.45) is 3.88. The number of hydrogen-bond acceptors (Lipinski definition) is 5. The summed E-state index contributed by atoms with van der Waals surface area (Å²) >= 11 is 1.41. The summed E-state index contributed by atoms with van der Waals surface area (Å²) in [5.74, 6) is 0.372. The van der Waals surface area contributed by atoms with Gasteiger partial charge in [-0.2, -0.15) is 9.30 Å². The van der Waals surface area contributed by atoms with Gasteiger partial charge in [-0.1, -0.05) is 24.2 Å². The van der Waals surface area contributed by atoms with Crippen molar-refractivity contribution in [1.82, 2.24) is 8.87 Å². The van der Waals surface area contributed by atoms with Crippen molar-refractivity contribution in [2.24, 2.45) is 12.0 Å². The maximum Gasteiger partial charge on any atom is 0.279 e. The van der Waals surface area contributed by atoms with Gasteiger partial charge in [0.2, 0.25) is 10.0 Å². The summed E-state index contributed by atoms with van der Waals surface area (Å²) < 4.78 is 35.8. The Morgan fingerprint density at radius 3 is 2.41 bits per heavy atom. The van der Waals surface area contributed by atoms with Crippen LogP contribution in [0, 0.1) is 0 Å². The molecule has 0 radical (unpaired) electrons. The van der Waals surface area contributed by atoms with Gasteiger partial charge in [-0.25, -0.2) is 8.42 Å². The largest absolute Gasteiger partial charge is 0.494 e. The molecule has 1 aliphatic rings. The first-order chi connectivity index (χ1) is 15.4. The molecule has 1 saturated heterocycles. The summed E-state index contributed by atoms with van der Waals surface area (Å²) in [6, 6.07) is 11.9. The summed E-state index contributed by atoms with van der Waals surface area (Å²) in [4.78, 5) is 17.8. The lowest BCUT2D eigenvalue weighted by Gasteiger charge is -2.19. The van der Waals surface area contributed by atoms with E-state index < -0.39 is 15.9 Å². The van der Waals surface area contributed by atoms with E-state index in [9.17, 15) is 13.2 Å². The normalized spacial score (nSPS) is 16.2. The minimum Gasteiger partial charge on any atom is -0.494 e. The SMILES string of the molecule is CCOc1ccc2c(c1)sc(=NC(=O)c1ccc(S(=O)(=O)N3CCCCCC3)cc1)n2C. The Balaban J connectivity index is 1.59. The molecule has 3 aromatic rings. The fraction of sp³-hybridized carbons (Fsp3) is 0.391. The lowest BCUT2D eigenvalue weighted by Crippen LogP contribution is -2.31. The molecule has 0 N–H and O–H groups in total. The average molecular weight is 474 g/mol. The van der Waals surface area contributed by atoms with E-state index in [1.165, 1.54) is 35.6 Å². The number of thiazole rings is 1. The number of aromatic nitrogens is 1. The van der Waals surface area contributed by atoms with Crippen molar-refractivity contribution in [2.75, 3.05) is 19.7 Å². The number of sulfonamides is 1. The van der Waals surface area contributed by atoms with Gasteiger partial charge in [0, 0.05) is 25.7 Å². The first kappa shape index (κ1) is 22.7. The molecule has 0 atom stereocenters. The third-order valence-electron chi connectivity index (χ3n) is 5.59. The van der Waals surface area contributed by atoms with Crippen molar-refractivity contribution in [1.29, 1.82) is 0 Å². The highest BCUT2D eigenvalue weighted by Crippen LogP contribution is 2.23. The molecule has 0 saturated carbocycles. The highest BCUT2D eigenvalue weighted by atomic mass is 32.2. The molecule has 4 rings (SSSR count). The molecule has 1 aliphatic heterocycles. The molecule has 1 fully saturated rings. The Morgan fingerprint density at radius 2 is 1.75 bits per heavy atom. The van der Waals surface area contributed by atoms with Crippen molar-refractivity contribution >= 4 is 37.5 Å². The van der Waals surface area contributed by atoms with Crippen molar-refractivity contribution in [3.63, 3.8) is 0 Å². The van der Waals surface area contributed by atoms with Gasteiger partial charge in [-0.15, -0.1) is 0 Å². The second-order valence-corrected chi connectivity index (χ2v) is 10.7. The topological polar surface area (TPSA) is 81.0 Å². The number of carbonyl (C=O) groups is 1. The van der Waals surface area contributed by atoms with Crippen LogP contribution >= 0.6 is 11.3 Å². The number of ether oxygens (including phenoxy) is 1. The van der Waals surface area contributed by atoms with Gasteiger partial charge in [0.1, 0.15) is 5.75 Å². The number of rotatable bonds is 5. The molecule has 2 heterocycles. The number of carbonyl (C=O) groups excluding carboxylic acids is 1. The highest BCUT2D eigenvalue weighted by molar-refractivity contribution is 7.89. The second kappa shape index (κ2) is 9.56. The van der Waals surface area contributed by atoms with Gasteiger partial charge < -0.3 is 9.30 Å². The fourth-order valence-electron chi connectivity index (χ4n) is 3.83. The molecule has 170 valence electrons. The number of amides is 1. The first-order valence-electron chi connectivity index (χ1n) is 10.8. The zero-order chi connectivity index (χ0) is 22.7. The second-order valence-electron chi connectivity index (χ2n) is 7.77. The Morgan fingerprint density at radius 1 is 1.06 bits per heavy atom. The van der Waals surface area contributed by atoms with E-state index in [0.29, 0.717) is 30.1 Å². The van der Waals surface area contributed by atoms with Crippen molar-refractivity contribution in [3.05, 3.63) is 52.8 Å². The van der Waals surface area contributed by atoms with Gasteiger partial charge in [0.05, 0.1) is 21.7 Å². The molecule has 9 heteroatoms. The maximum absolute atomic E-state index is 12.9. The lowest BCUT2D eigenvalue weighted by molar-refractivity contribution is 0.0998. The zero-order valence-corrected chi connectivity index (χ0v) is 19.9. The first-order valence-corrected chi connectivity index (χ1v) is 13.1. The molecule has 0 unspecified atom stereocenters. The molecule has 1 aromatic heterocycles. The van der Waals surface area contributed by atoms with Crippen LogP contribution in [0.25, 0.3) is 10.2 Å².